The van der Waals surface area contributed by atoms with Gasteiger partial charge in [-0.1, -0.05) is 41.6 Å². The molecule has 0 radical (unpaired) electrons. The lowest BCUT2D eigenvalue weighted by Crippen LogP contribution is -2.42. The molecule has 1 fully saturated rings. The lowest BCUT2D eigenvalue weighted by Gasteiger charge is -2.27. The number of pyridine rings is 1. The maximum atomic E-state index is 12.5. The quantitative estimate of drug-likeness (QED) is 0.244. The van der Waals surface area contributed by atoms with Gasteiger partial charge in [-0.05, 0) is 38.5 Å². The summed E-state index contributed by atoms with van der Waals surface area (Å²) in [7, 11) is 0. The van der Waals surface area contributed by atoms with Crippen molar-refractivity contribution in [1.29, 1.82) is 0 Å². The van der Waals surface area contributed by atoms with Crippen molar-refractivity contribution >= 4 is 18.2 Å². The number of anilines is 1. The molecule has 2 aromatic heterocycles. The standard InChI is InChI=1S/C26H33N5O4.CH3NO/c1-26(2,3)34-25(32)19-31(27-17-20-8-5-4-6-9-20)18-21-16-23(29-35-21)22-10-7-11-24(28-22)30-12-14-33-15-13-30;2-1-3/h4-11,16,27H,12-15,17-19H2,1-3H3;1H,(H2,2,3). The number of ether oxygens (including phenoxy) is 2. The van der Waals surface area contributed by atoms with E-state index in [9.17, 15) is 4.79 Å². The molecular formula is C27H36N6O5. The van der Waals surface area contributed by atoms with E-state index in [4.69, 9.17) is 23.8 Å². The van der Waals surface area contributed by atoms with Gasteiger partial charge in [0.15, 0.2) is 5.76 Å². The minimum atomic E-state index is -0.557. The first-order chi connectivity index (χ1) is 18.3. The molecule has 11 nitrogen and oxygen atoms in total. The summed E-state index contributed by atoms with van der Waals surface area (Å²) in [6, 6.07) is 17.7. The van der Waals surface area contributed by atoms with Gasteiger partial charge in [-0.3, -0.25) is 9.59 Å². The summed E-state index contributed by atoms with van der Waals surface area (Å²) in [4.78, 5) is 28.1. The number of benzene rings is 1. The largest absolute Gasteiger partial charge is 0.459 e. The summed E-state index contributed by atoms with van der Waals surface area (Å²) in [6.45, 7) is 9.54. The van der Waals surface area contributed by atoms with Crippen LogP contribution in [0.5, 0.6) is 0 Å². The van der Waals surface area contributed by atoms with Crippen LogP contribution in [0.25, 0.3) is 11.4 Å². The number of rotatable bonds is 9. The monoisotopic (exact) mass is 524 g/mol. The molecule has 0 unspecified atom stereocenters. The van der Waals surface area contributed by atoms with Crippen LogP contribution in [0, 0.1) is 0 Å². The number of hydrazine groups is 1. The molecule has 3 N–H and O–H groups in total. The summed E-state index contributed by atoms with van der Waals surface area (Å²) in [5.74, 6) is 1.19. The Morgan fingerprint density at radius 2 is 1.84 bits per heavy atom. The predicted molar refractivity (Wildman–Crippen MR) is 143 cm³/mol. The number of nitrogens with one attached hydrogen (secondary N) is 1. The van der Waals surface area contributed by atoms with E-state index in [1.165, 1.54) is 0 Å². The van der Waals surface area contributed by atoms with E-state index in [1.807, 2.05) is 75.4 Å². The van der Waals surface area contributed by atoms with Crippen LogP contribution in [0.15, 0.2) is 59.1 Å². The first-order valence-corrected chi connectivity index (χ1v) is 12.4. The average molecular weight is 525 g/mol. The fourth-order valence-electron chi connectivity index (χ4n) is 3.73. The van der Waals surface area contributed by atoms with Crippen molar-refractivity contribution in [2.45, 2.75) is 39.5 Å². The third-order valence-corrected chi connectivity index (χ3v) is 5.33. The maximum Gasteiger partial charge on any atom is 0.322 e. The fraction of sp³-hybridized carbons (Fsp3) is 0.407. The third-order valence-electron chi connectivity index (χ3n) is 5.33. The summed E-state index contributed by atoms with van der Waals surface area (Å²) in [5.41, 5.74) is 9.41. The Morgan fingerprint density at radius 1 is 1.13 bits per heavy atom. The second kappa shape index (κ2) is 14.2. The van der Waals surface area contributed by atoms with Gasteiger partial charge in [-0.15, -0.1) is 0 Å². The third kappa shape index (κ3) is 9.58. The van der Waals surface area contributed by atoms with Crippen LogP contribution < -0.4 is 16.1 Å². The van der Waals surface area contributed by atoms with Gasteiger partial charge in [0.05, 0.1) is 25.5 Å². The second-order valence-corrected chi connectivity index (χ2v) is 9.56. The molecule has 0 aliphatic carbocycles. The highest BCUT2D eigenvalue weighted by atomic mass is 16.6. The van der Waals surface area contributed by atoms with Gasteiger partial charge in [-0.25, -0.2) is 15.4 Å². The van der Waals surface area contributed by atoms with Crippen molar-refractivity contribution in [2.24, 2.45) is 5.73 Å². The van der Waals surface area contributed by atoms with Crippen LogP contribution >= 0.6 is 0 Å². The van der Waals surface area contributed by atoms with E-state index < -0.39 is 5.60 Å². The highest BCUT2D eigenvalue weighted by Gasteiger charge is 2.21. The average Bonchev–Trinajstić information content (AvgIpc) is 3.36. The first-order valence-electron chi connectivity index (χ1n) is 12.4. The zero-order valence-corrected chi connectivity index (χ0v) is 22.1. The van der Waals surface area contributed by atoms with Crippen LogP contribution in [0.2, 0.25) is 0 Å². The van der Waals surface area contributed by atoms with Gasteiger partial charge in [-0.2, -0.15) is 0 Å². The predicted octanol–water partition coefficient (Wildman–Crippen LogP) is 2.52. The Hall–Kier alpha value is -3.80. The lowest BCUT2D eigenvalue weighted by molar-refractivity contribution is -0.157. The van der Waals surface area contributed by atoms with E-state index in [1.54, 1.807) is 5.01 Å². The molecule has 0 spiro atoms. The van der Waals surface area contributed by atoms with Crippen molar-refractivity contribution < 1.29 is 23.6 Å². The van der Waals surface area contributed by atoms with Gasteiger partial charge in [0, 0.05) is 25.7 Å². The Bertz CT molecular complexity index is 1140. The van der Waals surface area contributed by atoms with Crippen molar-refractivity contribution in [3.63, 3.8) is 0 Å². The van der Waals surface area contributed by atoms with E-state index in [0.717, 1.165) is 30.2 Å². The number of aromatic nitrogens is 2. The van der Waals surface area contributed by atoms with E-state index >= 15 is 0 Å². The molecule has 3 heterocycles. The zero-order chi connectivity index (χ0) is 27.4. The number of esters is 1. The molecule has 3 aromatic rings. The molecule has 4 rings (SSSR count). The number of nitrogens with zero attached hydrogens (tertiary/aromatic N) is 4. The van der Waals surface area contributed by atoms with Crippen molar-refractivity contribution in [3.8, 4) is 11.4 Å². The molecule has 0 bridgehead atoms. The topological polar surface area (TPSA) is 136 Å². The molecule has 1 aliphatic heterocycles. The molecule has 11 heteroatoms. The lowest BCUT2D eigenvalue weighted by atomic mass is 10.2. The number of carbonyl (C=O) groups is 2. The van der Waals surface area contributed by atoms with E-state index in [2.05, 4.69) is 21.2 Å². The highest BCUT2D eigenvalue weighted by Crippen LogP contribution is 2.22. The molecule has 38 heavy (non-hydrogen) atoms. The van der Waals surface area contributed by atoms with Crippen molar-refractivity contribution in [1.82, 2.24) is 20.6 Å². The van der Waals surface area contributed by atoms with Crippen LogP contribution in [0.4, 0.5) is 5.82 Å². The van der Waals surface area contributed by atoms with Gasteiger partial charge in [0.2, 0.25) is 6.41 Å². The molecule has 1 aliphatic rings. The van der Waals surface area contributed by atoms with Gasteiger partial charge >= 0.3 is 5.97 Å². The van der Waals surface area contributed by atoms with Crippen LogP contribution in [-0.4, -0.2) is 66.0 Å². The highest BCUT2D eigenvalue weighted by molar-refractivity contribution is 5.72. The van der Waals surface area contributed by atoms with Crippen molar-refractivity contribution in [2.75, 3.05) is 37.7 Å². The Morgan fingerprint density at radius 3 is 2.53 bits per heavy atom. The van der Waals surface area contributed by atoms with Gasteiger partial charge < -0.3 is 24.6 Å². The minimum Gasteiger partial charge on any atom is -0.459 e. The first kappa shape index (κ1) is 28.8. The Kier molecular flexibility index (Phi) is 10.8. The summed E-state index contributed by atoms with van der Waals surface area (Å²) >= 11 is 0. The Labute approximate surface area is 222 Å². The van der Waals surface area contributed by atoms with Gasteiger partial charge in [0.1, 0.15) is 23.7 Å². The number of morpholine rings is 1. The van der Waals surface area contributed by atoms with E-state index in [-0.39, 0.29) is 18.9 Å². The molecule has 1 aromatic carbocycles. The van der Waals surface area contributed by atoms with Crippen molar-refractivity contribution in [3.05, 3.63) is 65.9 Å². The number of hydrogen-bond acceptors (Lipinski definition) is 10. The summed E-state index contributed by atoms with van der Waals surface area (Å²) in [6.07, 6.45) is 0.250. The number of nitrogens with two attached hydrogens (primary N) is 1. The molecule has 1 saturated heterocycles. The summed E-state index contributed by atoms with van der Waals surface area (Å²) < 4.78 is 16.6. The maximum absolute atomic E-state index is 12.5. The summed E-state index contributed by atoms with van der Waals surface area (Å²) in [5, 5.41) is 6.01. The number of amides is 1. The number of primary amides is 1. The number of carbonyl (C=O) groups excluding carboxylic acids is 2. The minimum absolute atomic E-state index is 0.0604. The molecule has 0 atom stereocenters. The number of hydrogen-bond donors (Lipinski definition) is 2. The molecule has 1 amide bonds. The SMILES string of the molecule is CC(C)(C)OC(=O)CN(Cc1cc(-c2cccc(N3CCOCC3)n2)no1)NCc1ccccc1.NC=O. The second-order valence-electron chi connectivity index (χ2n) is 9.56. The van der Waals surface area contributed by atoms with E-state index in [0.29, 0.717) is 37.8 Å². The van der Waals surface area contributed by atoms with Crippen LogP contribution in [0.3, 0.4) is 0 Å². The molecule has 0 saturated carbocycles. The van der Waals surface area contributed by atoms with Crippen LogP contribution in [-0.2, 0) is 32.2 Å². The fourth-order valence-corrected chi connectivity index (χ4v) is 3.73. The molecule has 204 valence electrons. The smallest absolute Gasteiger partial charge is 0.322 e. The normalized spacial score (nSPS) is 13.5. The zero-order valence-electron chi connectivity index (χ0n) is 22.1. The van der Waals surface area contributed by atoms with Gasteiger partial charge in [0.25, 0.3) is 0 Å². The molecular weight excluding hydrogens is 488 g/mol. The van der Waals surface area contributed by atoms with Crippen LogP contribution in [0.1, 0.15) is 32.1 Å². The Balaban J connectivity index is 0.00000127.